The van der Waals surface area contributed by atoms with E-state index in [-0.39, 0.29) is 0 Å². The largest absolute Gasteiger partial charge is 0.480 e. The van der Waals surface area contributed by atoms with Crippen LogP contribution in [0.3, 0.4) is 0 Å². The molecule has 0 spiro atoms. The lowest BCUT2D eigenvalue weighted by Crippen LogP contribution is -2.32. The fraction of sp³-hybridized carbons (Fsp3) is 0.400. The van der Waals surface area contributed by atoms with Crippen LogP contribution >= 0.6 is 0 Å². The van der Waals surface area contributed by atoms with E-state index < -0.39 is 12.0 Å². The molecule has 6 nitrogen and oxygen atoms in total. The van der Waals surface area contributed by atoms with Crippen molar-refractivity contribution < 1.29 is 9.90 Å². The number of carboxylic acids is 1. The van der Waals surface area contributed by atoms with Crippen molar-refractivity contribution in [2.75, 3.05) is 5.43 Å². The van der Waals surface area contributed by atoms with Gasteiger partial charge in [-0.15, -0.1) is 5.10 Å². The number of hydrogen-bond donors (Lipinski definition) is 2. The van der Waals surface area contributed by atoms with Crippen molar-refractivity contribution in [1.29, 1.82) is 0 Å². The summed E-state index contributed by atoms with van der Waals surface area (Å²) >= 11 is 0. The number of carboxylic acid groups (broad SMARTS) is 1. The summed E-state index contributed by atoms with van der Waals surface area (Å²) in [5, 5.41) is 12.1. The van der Waals surface area contributed by atoms with Crippen LogP contribution in [-0.4, -0.2) is 32.0 Å². The summed E-state index contributed by atoms with van der Waals surface area (Å²) < 4.78 is 0. The number of nitrogens with one attached hydrogen (secondary N) is 1. The highest BCUT2D eigenvalue weighted by Gasteiger charge is 2.09. The fourth-order valence-corrected chi connectivity index (χ4v) is 0.529. The van der Waals surface area contributed by atoms with Gasteiger partial charge in [0.15, 0.2) is 0 Å². The molecule has 0 radical (unpaired) electrons. The Labute approximate surface area is 62.8 Å². The smallest absolute Gasteiger partial charge is 0.327 e. The summed E-state index contributed by atoms with van der Waals surface area (Å²) in [6.45, 7) is 1.52. The lowest BCUT2D eigenvalue weighted by molar-refractivity contribution is -0.137. The molecule has 1 aromatic rings. The molecule has 2 N–H and O–H groups in total. The van der Waals surface area contributed by atoms with E-state index in [2.05, 4.69) is 15.5 Å². The van der Waals surface area contributed by atoms with Gasteiger partial charge in [-0.25, -0.2) is 9.78 Å². The van der Waals surface area contributed by atoms with Gasteiger partial charge in [0.25, 0.3) is 0 Å². The Kier molecular flexibility index (Phi) is 2.05. The number of aliphatic carboxylic acids is 1. The molecule has 6 heteroatoms. The van der Waals surface area contributed by atoms with Gasteiger partial charge in [0, 0.05) is 0 Å². The highest BCUT2D eigenvalue weighted by Crippen LogP contribution is 1.83. The SMILES string of the molecule is C[C@H](Nn1cncn1)C(=O)O. The first kappa shape index (κ1) is 7.52. The van der Waals surface area contributed by atoms with Crippen molar-refractivity contribution in [3.8, 4) is 0 Å². The van der Waals surface area contributed by atoms with Crippen LogP contribution in [-0.2, 0) is 4.79 Å². The third kappa shape index (κ3) is 1.92. The minimum atomic E-state index is -0.930. The highest BCUT2D eigenvalue weighted by atomic mass is 16.4. The molecule has 0 saturated heterocycles. The monoisotopic (exact) mass is 156 g/mol. The molecule has 0 unspecified atom stereocenters. The molecule has 0 saturated carbocycles. The molecule has 0 aromatic carbocycles. The van der Waals surface area contributed by atoms with Gasteiger partial charge >= 0.3 is 5.97 Å². The van der Waals surface area contributed by atoms with Crippen molar-refractivity contribution >= 4 is 5.97 Å². The normalized spacial score (nSPS) is 12.5. The second kappa shape index (κ2) is 3.00. The fourth-order valence-electron chi connectivity index (χ4n) is 0.529. The Balaban J connectivity index is 2.50. The van der Waals surface area contributed by atoms with Crippen LogP contribution in [0.5, 0.6) is 0 Å². The summed E-state index contributed by atoms with van der Waals surface area (Å²) in [5.74, 6) is -0.930. The molecule has 0 fully saturated rings. The van der Waals surface area contributed by atoms with Gasteiger partial charge in [0.1, 0.15) is 18.7 Å². The van der Waals surface area contributed by atoms with Gasteiger partial charge in [0.2, 0.25) is 0 Å². The second-order valence-electron chi connectivity index (χ2n) is 2.03. The maximum Gasteiger partial charge on any atom is 0.327 e. The Morgan fingerprint density at radius 1 is 1.82 bits per heavy atom. The summed E-state index contributed by atoms with van der Waals surface area (Å²) in [6.07, 6.45) is 2.71. The molecule has 0 aliphatic rings. The van der Waals surface area contributed by atoms with Crippen molar-refractivity contribution in [3.63, 3.8) is 0 Å². The topological polar surface area (TPSA) is 80.0 Å². The van der Waals surface area contributed by atoms with Crippen molar-refractivity contribution in [1.82, 2.24) is 14.9 Å². The molecule has 1 atom stereocenters. The van der Waals surface area contributed by atoms with Gasteiger partial charge in [-0.05, 0) is 6.92 Å². The molecule has 0 aliphatic heterocycles. The van der Waals surface area contributed by atoms with Crippen molar-refractivity contribution in [2.45, 2.75) is 13.0 Å². The van der Waals surface area contributed by atoms with Gasteiger partial charge in [0.05, 0.1) is 0 Å². The van der Waals surface area contributed by atoms with Crippen LogP contribution in [0.2, 0.25) is 0 Å². The zero-order valence-corrected chi connectivity index (χ0v) is 5.93. The predicted molar refractivity (Wildman–Crippen MR) is 36.5 cm³/mol. The first-order valence-corrected chi connectivity index (χ1v) is 3.04. The summed E-state index contributed by atoms with van der Waals surface area (Å²) in [5.41, 5.74) is 2.56. The highest BCUT2D eigenvalue weighted by molar-refractivity contribution is 5.74. The quantitative estimate of drug-likeness (QED) is 0.604. The number of carbonyl (C=O) groups is 1. The van der Waals surface area contributed by atoms with Crippen LogP contribution in [0, 0.1) is 0 Å². The van der Waals surface area contributed by atoms with E-state index >= 15 is 0 Å². The molecule has 60 valence electrons. The number of hydrogen-bond acceptors (Lipinski definition) is 4. The lowest BCUT2D eigenvalue weighted by atomic mass is 10.4. The Bertz CT molecular complexity index is 233. The molecule has 1 aromatic heterocycles. The molecular formula is C5H8N4O2. The Morgan fingerprint density at radius 3 is 3.00 bits per heavy atom. The lowest BCUT2D eigenvalue weighted by Gasteiger charge is -2.08. The number of aromatic nitrogens is 3. The molecule has 11 heavy (non-hydrogen) atoms. The average molecular weight is 156 g/mol. The zero-order chi connectivity index (χ0) is 8.27. The van der Waals surface area contributed by atoms with Crippen LogP contribution < -0.4 is 5.43 Å². The minimum absolute atomic E-state index is 0.670. The second-order valence-corrected chi connectivity index (χ2v) is 2.03. The van der Waals surface area contributed by atoms with Gasteiger partial charge in [-0.2, -0.15) is 4.79 Å². The van der Waals surface area contributed by atoms with Crippen LogP contribution in [0.15, 0.2) is 12.7 Å². The third-order valence-electron chi connectivity index (χ3n) is 1.12. The van der Waals surface area contributed by atoms with Crippen LogP contribution in [0.1, 0.15) is 6.92 Å². The molecule has 0 aliphatic carbocycles. The van der Waals surface area contributed by atoms with E-state index in [4.69, 9.17) is 5.11 Å². The van der Waals surface area contributed by atoms with E-state index in [1.165, 1.54) is 24.4 Å². The predicted octanol–water partition coefficient (Wildman–Crippen LogP) is -0.705. The summed E-state index contributed by atoms with van der Waals surface area (Å²) in [7, 11) is 0. The number of rotatable bonds is 3. The Hall–Kier alpha value is -1.59. The third-order valence-corrected chi connectivity index (χ3v) is 1.12. The first-order valence-electron chi connectivity index (χ1n) is 3.04. The van der Waals surface area contributed by atoms with Gasteiger partial charge in [-0.3, -0.25) is 5.43 Å². The van der Waals surface area contributed by atoms with Crippen molar-refractivity contribution in [3.05, 3.63) is 12.7 Å². The first-order chi connectivity index (χ1) is 5.20. The average Bonchev–Trinajstić information content (AvgIpc) is 2.39. The standard InChI is InChI=1S/C5H8N4O2/c1-4(5(10)11)8-9-3-6-2-7-9/h2-4,8H,1H3,(H,10,11)/t4-/m0/s1. The number of nitrogens with zero attached hydrogens (tertiary/aromatic N) is 3. The van der Waals surface area contributed by atoms with E-state index in [9.17, 15) is 4.79 Å². The van der Waals surface area contributed by atoms with Crippen LogP contribution in [0.4, 0.5) is 0 Å². The van der Waals surface area contributed by atoms with E-state index in [1.807, 2.05) is 0 Å². The minimum Gasteiger partial charge on any atom is -0.480 e. The molecule has 0 amide bonds. The summed E-state index contributed by atoms with van der Waals surface area (Å²) in [6, 6.07) is -0.670. The molecule has 1 heterocycles. The van der Waals surface area contributed by atoms with Crippen LogP contribution in [0.25, 0.3) is 0 Å². The van der Waals surface area contributed by atoms with E-state index in [0.717, 1.165) is 0 Å². The van der Waals surface area contributed by atoms with E-state index in [1.54, 1.807) is 0 Å². The molecular weight excluding hydrogens is 148 g/mol. The van der Waals surface area contributed by atoms with Gasteiger partial charge in [-0.1, -0.05) is 0 Å². The maximum absolute atomic E-state index is 10.3. The summed E-state index contributed by atoms with van der Waals surface area (Å²) in [4.78, 5) is 15.2. The molecule has 1 rings (SSSR count). The van der Waals surface area contributed by atoms with E-state index in [0.29, 0.717) is 0 Å². The molecule has 0 bridgehead atoms. The zero-order valence-electron chi connectivity index (χ0n) is 5.93. The van der Waals surface area contributed by atoms with Crippen molar-refractivity contribution in [2.24, 2.45) is 0 Å². The van der Waals surface area contributed by atoms with Gasteiger partial charge < -0.3 is 5.11 Å². The Morgan fingerprint density at radius 2 is 2.55 bits per heavy atom. The maximum atomic E-state index is 10.3.